The highest BCUT2D eigenvalue weighted by molar-refractivity contribution is 5.85. The number of para-hydroxylation sites is 1. The van der Waals surface area contributed by atoms with E-state index in [1.54, 1.807) is 7.11 Å². The minimum Gasteiger partial charge on any atom is -0.496 e. The lowest BCUT2D eigenvalue weighted by molar-refractivity contribution is -0.138. The number of piperidine rings is 1. The fourth-order valence-corrected chi connectivity index (χ4v) is 3.64. The first-order valence-corrected chi connectivity index (χ1v) is 8.25. The van der Waals surface area contributed by atoms with E-state index in [0.29, 0.717) is 6.54 Å². The van der Waals surface area contributed by atoms with Crippen LogP contribution in [0.4, 0.5) is 0 Å². The van der Waals surface area contributed by atoms with Crippen LogP contribution in [-0.4, -0.2) is 36.4 Å². The number of methoxy groups -OCH3 is 1. The lowest BCUT2D eigenvalue weighted by Gasteiger charge is -2.37. The molecule has 1 aliphatic heterocycles. The molecule has 1 saturated heterocycles. The van der Waals surface area contributed by atoms with Crippen LogP contribution in [0.3, 0.4) is 0 Å². The zero-order chi connectivity index (χ0) is 16.6. The van der Waals surface area contributed by atoms with Crippen molar-refractivity contribution >= 4 is 11.8 Å². The van der Waals surface area contributed by atoms with E-state index in [1.165, 1.54) is 0 Å². The number of benzene rings is 1. The minimum atomic E-state index is -0.299. The van der Waals surface area contributed by atoms with Crippen molar-refractivity contribution in [3.63, 3.8) is 0 Å². The van der Waals surface area contributed by atoms with Crippen molar-refractivity contribution in [3.8, 4) is 5.75 Å². The maximum Gasteiger partial charge on any atom is 0.226 e. The van der Waals surface area contributed by atoms with Crippen molar-refractivity contribution in [3.05, 3.63) is 29.8 Å². The summed E-state index contributed by atoms with van der Waals surface area (Å²) >= 11 is 0. The molecule has 0 unspecified atom stereocenters. The maximum absolute atomic E-state index is 12.9. The van der Waals surface area contributed by atoms with Gasteiger partial charge in [0, 0.05) is 18.5 Å². The first-order valence-electron chi connectivity index (χ1n) is 8.25. The van der Waals surface area contributed by atoms with Gasteiger partial charge in [-0.15, -0.1) is 0 Å². The zero-order valence-electron chi connectivity index (χ0n) is 13.7. The van der Waals surface area contributed by atoms with Gasteiger partial charge in [-0.2, -0.15) is 0 Å². The number of likely N-dealkylation sites (tertiary alicyclic amines) is 1. The Morgan fingerprint density at radius 2 is 2.00 bits per heavy atom. The molecule has 1 aliphatic carbocycles. The Labute approximate surface area is 136 Å². The van der Waals surface area contributed by atoms with Crippen LogP contribution in [0.2, 0.25) is 0 Å². The molecule has 5 heteroatoms. The molecule has 2 amide bonds. The molecule has 2 N–H and O–H groups in total. The molecule has 1 saturated carbocycles. The van der Waals surface area contributed by atoms with E-state index in [-0.39, 0.29) is 35.6 Å². The van der Waals surface area contributed by atoms with Crippen molar-refractivity contribution < 1.29 is 14.3 Å². The summed E-state index contributed by atoms with van der Waals surface area (Å²) in [6, 6.07) is 8.05. The molecule has 2 aliphatic rings. The monoisotopic (exact) mass is 316 g/mol. The molecule has 23 heavy (non-hydrogen) atoms. The Morgan fingerprint density at radius 1 is 1.26 bits per heavy atom. The van der Waals surface area contributed by atoms with Crippen molar-refractivity contribution in [2.75, 3.05) is 13.7 Å². The first kappa shape index (κ1) is 15.8. The maximum atomic E-state index is 12.9. The second-order valence-corrected chi connectivity index (χ2v) is 6.71. The number of hydrogen-bond acceptors (Lipinski definition) is 3. The molecular formula is C18H24N2O3. The number of carbonyl (C=O) groups excluding carboxylic acids is 2. The average Bonchev–Trinajstić information content (AvgIpc) is 3.34. The number of carbonyl (C=O) groups is 2. The van der Waals surface area contributed by atoms with Crippen LogP contribution in [-0.2, 0) is 9.59 Å². The van der Waals surface area contributed by atoms with Gasteiger partial charge in [-0.3, -0.25) is 9.59 Å². The molecule has 0 radical (unpaired) electrons. The topological polar surface area (TPSA) is 72.6 Å². The van der Waals surface area contributed by atoms with Crippen LogP contribution >= 0.6 is 0 Å². The van der Waals surface area contributed by atoms with E-state index in [0.717, 1.165) is 30.6 Å². The lowest BCUT2D eigenvalue weighted by Crippen LogP contribution is -2.49. The van der Waals surface area contributed by atoms with Crippen LogP contribution in [0.15, 0.2) is 24.3 Å². The fourth-order valence-electron chi connectivity index (χ4n) is 3.64. The standard InChI is InChI=1S/C18H24N2O3/c1-11-7-8-12(17(19)21)10-20(11)18(22)15-9-14(15)13-5-3-4-6-16(13)23-2/h3-6,11-12,14-15H,7-10H2,1-2H3,(H2,19,21)/t11-,12-,14-,15-/m0/s1. The van der Waals surface area contributed by atoms with Gasteiger partial charge in [-0.05, 0) is 43.7 Å². The summed E-state index contributed by atoms with van der Waals surface area (Å²) in [6.07, 6.45) is 2.47. The molecule has 0 aromatic heterocycles. The van der Waals surface area contributed by atoms with E-state index >= 15 is 0 Å². The van der Waals surface area contributed by atoms with E-state index in [9.17, 15) is 9.59 Å². The second-order valence-electron chi connectivity index (χ2n) is 6.71. The number of primary amides is 1. The third kappa shape index (κ3) is 3.05. The van der Waals surface area contributed by atoms with E-state index in [4.69, 9.17) is 10.5 Å². The summed E-state index contributed by atoms with van der Waals surface area (Å²) in [5, 5.41) is 0. The highest BCUT2D eigenvalue weighted by Gasteiger charge is 2.48. The van der Waals surface area contributed by atoms with Crippen LogP contribution < -0.4 is 10.5 Å². The quantitative estimate of drug-likeness (QED) is 0.922. The molecule has 4 atom stereocenters. The molecule has 0 spiro atoms. The summed E-state index contributed by atoms with van der Waals surface area (Å²) in [5.41, 5.74) is 6.53. The summed E-state index contributed by atoms with van der Waals surface area (Å²) in [5.74, 6) is 0.708. The van der Waals surface area contributed by atoms with Crippen molar-refractivity contribution in [2.24, 2.45) is 17.6 Å². The average molecular weight is 316 g/mol. The molecule has 3 rings (SSSR count). The fraction of sp³-hybridized carbons (Fsp3) is 0.556. The highest BCUT2D eigenvalue weighted by atomic mass is 16.5. The molecule has 0 bridgehead atoms. The van der Waals surface area contributed by atoms with Gasteiger partial charge in [0.2, 0.25) is 11.8 Å². The summed E-state index contributed by atoms with van der Waals surface area (Å²) in [7, 11) is 1.65. The number of nitrogens with zero attached hydrogens (tertiary/aromatic N) is 1. The van der Waals surface area contributed by atoms with Crippen LogP contribution in [0, 0.1) is 11.8 Å². The van der Waals surface area contributed by atoms with Gasteiger partial charge >= 0.3 is 0 Å². The first-order chi connectivity index (χ1) is 11.0. The number of rotatable bonds is 4. The van der Waals surface area contributed by atoms with Crippen molar-refractivity contribution in [2.45, 2.75) is 38.1 Å². The van der Waals surface area contributed by atoms with Gasteiger partial charge in [0.25, 0.3) is 0 Å². The summed E-state index contributed by atoms with van der Waals surface area (Å²) in [4.78, 5) is 26.2. The minimum absolute atomic E-state index is 0.000349. The smallest absolute Gasteiger partial charge is 0.226 e. The Kier molecular flexibility index (Phi) is 4.28. The predicted octanol–water partition coefficient (Wildman–Crippen LogP) is 1.91. The van der Waals surface area contributed by atoms with Crippen LogP contribution in [0.25, 0.3) is 0 Å². The Bertz CT molecular complexity index is 616. The van der Waals surface area contributed by atoms with Crippen molar-refractivity contribution in [1.82, 2.24) is 4.90 Å². The molecule has 5 nitrogen and oxygen atoms in total. The lowest BCUT2D eigenvalue weighted by atomic mass is 9.92. The van der Waals surface area contributed by atoms with E-state index in [1.807, 2.05) is 29.2 Å². The van der Waals surface area contributed by atoms with Gasteiger partial charge < -0.3 is 15.4 Å². The van der Waals surface area contributed by atoms with E-state index < -0.39 is 0 Å². The van der Waals surface area contributed by atoms with Gasteiger partial charge in [0.05, 0.1) is 13.0 Å². The number of amides is 2. The van der Waals surface area contributed by atoms with Crippen LogP contribution in [0.5, 0.6) is 5.75 Å². The Balaban J connectivity index is 1.71. The molecule has 124 valence electrons. The van der Waals surface area contributed by atoms with E-state index in [2.05, 4.69) is 6.92 Å². The summed E-state index contributed by atoms with van der Waals surface area (Å²) in [6.45, 7) is 2.51. The zero-order valence-corrected chi connectivity index (χ0v) is 13.7. The highest BCUT2D eigenvalue weighted by Crippen LogP contribution is 2.51. The number of hydrogen-bond donors (Lipinski definition) is 1. The summed E-state index contributed by atoms with van der Waals surface area (Å²) < 4.78 is 5.40. The molecule has 1 aromatic carbocycles. The molecule has 1 heterocycles. The van der Waals surface area contributed by atoms with Gasteiger partial charge in [-0.1, -0.05) is 18.2 Å². The van der Waals surface area contributed by atoms with Gasteiger partial charge in [-0.25, -0.2) is 0 Å². The van der Waals surface area contributed by atoms with Gasteiger partial charge in [0.1, 0.15) is 5.75 Å². The largest absolute Gasteiger partial charge is 0.496 e. The van der Waals surface area contributed by atoms with Crippen molar-refractivity contribution in [1.29, 1.82) is 0 Å². The SMILES string of the molecule is COc1ccccc1[C@@H]1C[C@@H]1C(=O)N1C[C@@H](C(N)=O)CC[C@@H]1C. The Hall–Kier alpha value is -2.04. The third-order valence-electron chi connectivity index (χ3n) is 5.21. The number of ether oxygens (including phenoxy) is 1. The second kappa shape index (κ2) is 6.22. The normalized spacial score (nSPS) is 29.9. The molecular weight excluding hydrogens is 292 g/mol. The Morgan fingerprint density at radius 3 is 2.70 bits per heavy atom. The predicted molar refractivity (Wildman–Crippen MR) is 86.9 cm³/mol. The third-order valence-corrected chi connectivity index (χ3v) is 5.21. The number of nitrogens with two attached hydrogens (primary N) is 1. The van der Waals surface area contributed by atoms with Crippen LogP contribution in [0.1, 0.15) is 37.7 Å². The van der Waals surface area contributed by atoms with Gasteiger partial charge in [0.15, 0.2) is 0 Å². The molecule has 2 fully saturated rings. The molecule has 1 aromatic rings.